The Balaban J connectivity index is 2.05. The summed E-state index contributed by atoms with van der Waals surface area (Å²) >= 11 is 0. The highest BCUT2D eigenvalue weighted by molar-refractivity contribution is 5.60. The van der Waals surface area contributed by atoms with Gasteiger partial charge in [-0.1, -0.05) is 0 Å². The Hall–Kier alpha value is -3.43. The van der Waals surface area contributed by atoms with E-state index in [0.717, 1.165) is 6.07 Å². The van der Waals surface area contributed by atoms with E-state index in [2.05, 4.69) is 0 Å². The monoisotopic (exact) mass is 511 g/mol. The minimum Gasteiger partial charge on any atom is -0.493 e. The van der Waals surface area contributed by atoms with Gasteiger partial charge in [-0.2, -0.15) is 40.4 Å². The molecule has 0 fully saturated rings. The molecule has 0 aliphatic carbocycles. The maximum Gasteiger partial charge on any atom is 0.378 e. The lowest BCUT2D eigenvalue weighted by Gasteiger charge is -2.36. The molecule has 0 aromatic heterocycles. The summed E-state index contributed by atoms with van der Waals surface area (Å²) in [5.74, 6) is -24.3. The fourth-order valence-electron chi connectivity index (χ4n) is 2.91. The molecule has 0 aliphatic rings. The zero-order chi connectivity index (χ0) is 26.7. The largest absolute Gasteiger partial charge is 0.493 e. The number of halogens is 8. The first kappa shape index (κ1) is 27.8. The van der Waals surface area contributed by atoms with Crippen molar-refractivity contribution in [2.24, 2.45) is 0 Å². The maximum absolute atomic E-state index is 14.1. The highest BCUT2D eigenvalue weighted by Gasteiger charge is 2.79. The third-order valence-corrected chi connectivity index (χ3v) is 5.02. The summed E-state index contributed by atoms with van der Waals surface area (Å²) < 4.78 is 122. The molecule has 2 aromatic rings. The second-order valence-electron chi connectivity index (χ2n) is 7.64. The minimum absolute atomic E-state index is 0.100. The highest BCUT2D eigenvalue weighted by Crippen LogP contribution is 2.54. The van der Waals surface area contributed by atoms with Crippen molar-refractivity contribution in [3.8, 4) is 17.6 Å². The maximum atomic E-state index is 14.1. The molecule has 4 N–H and O–H groups in total. The average molecular weight is 511 g/mol. The molecule has 2 rings (SSSR count). The molecule has 0 spiro atoms. The molecule has 0 saturated carbocycles. The number of hydrogen-bond donors (Lipinski definition) is 2. The quantitative estimate of drug-likeness (QED) is 0.293. The van der Waals surface area contributed by atoms with E-state index >= 15 is 0 Å². The van der Waals surface area contributed by atoms with Crippen LogP contribution in [-0.2, 0) is 0 Å². The smallest absolute Gasteiger partial charge is 0.378 e. The normalized spacial score (nSPS) is 12.8. The van der Waals surface area contributed by atoms with Crippen LogP contribution in [-0.4, -0.2) is 36.9 Å². The molecule has 2 aromatic carbocycles. The van der Waals surface area contributed by atoms with Gasteiger partial charge in [-0.15, -0.1) is 0 Å². The van der Waals surface area contributed by atoms with Gasteiger partial charge in [-0.3, -0.25) is 0 Å². The number of rotatable bonds is 11. The van der Waals surface area contributed by atoms with Crippen molar-refractivity contribution in [1.82, 2.24) is 0 Å². The zero-order valence-electron chi connectivity index (χ0n) is 18.2. The molecule has 0 heterocycles. The van der Waals surface area contributed by atoms with Gasteiger partial charge in [0.05, 0.1) is 43.4 Å². The van der Waals surface area contributed by atoms with Crippen molar-refractivity contribution in [1.29, 1.82) is 5.26 Å². The number of benzene rings is 2. The number of ether oxygens (including phenoxy) is 2. The van der Waals surface area contributed by atoms with Crippen molar-refractivity contribution in [3.05, 3.63) is 47.5 Å². The van der Waals surface area contributed by atoms with Crippen molar-refractivity contribution in [3.63, 3.8) is 0 Å². The van der Waals surface area contributed by atoms with E-state index in [-0.39, 0.29) is 28.4 Å². The van der Waals surface area contributed by atoms with Crippen LogP contribution in [0.5, 0.6) is 11.5 Å². The van der Waals surface area contributed by atoms with Crippen LogP contribution in [0.25, 0.3) is 0 Å². The molecule has 0 bridgehead atoms. The van der Waals surface area contributed by atoms with E-state index in [0.29, 0.717) is 5.56 Å². The molecule has 192 valence electrons. The van der Waals surface area contributed by atoms with Crippen LogP contribution in [0.15, 0.2) is 36.4 Å². The summed E-state index contributed by atoms with van der Waals surface area (Å²) in [5.41, 5.74) is 11.6. The van der Waals surface area contributed by atoms with Gasteiger partial charge in [0.2, 0.25) is 0 Å². The van der Waals surface area contributed by atoms with Crippen LogP contribution in [0.2, 0.25) is 0 Å². The van der Waals surface area contributed by atoms with Crippen molar-refractivity contribution in [2.75, 3.05) is 24.7 Å². The molecular weight excluding hydrogens is 490 g/mol. The van der Waals surface area contributed by atoms with Gasteiger partial charge < -0.3 is 20.9 Å². The van der Waals surface area contributed by atoms with E-state index in [1.165, 1.54) is 37.3 Å². The van der Waals surface area contributed by atoms with Crippen LogP contribution in [0.4, 0.5) is 46.5 Å². The number of alkyl halides is 8. The number of hydrogen-bond acceptors (Lipinski definition) is 5. The van der Waals surface area contributed by atoms with E-state index < -0.39 is 49.7 Å². The summed E-state index contributed by atoms with van der Waals surface area (Å²) in [6, 6.07) is 9.10. The first-order valence-electron chi connectivity index (χ1n) is 9.98. The van der Waals surface area contributed by atoms with E-state index in [9.17, 15) is 35.1 Å². The van der Waals surface area contributed by atoms with Crippen LogP contribution in [0.1, 0.15) is 24.0 Å². The Morgan fingerprint density at radius 1 is 0.800 bits per heavy atom. The predicted molar refractivity (Wildman–Crippen MR) is 111 cm³/mol. The molecule has 13 heteroatoms. The lowest BCUT2D eigenvalue weighted by atomic mass is 9.95. The standard InChI is InChI=1S/C22H21F8N3O2/c1-13-10-16(4-2-14(13)12-31)34-8-6-19(23,24)21(27,28)22(29,30)20(25,26)7-9-35-18-5-3-15(32)11-17(18)33/h2-5,10-11H,6-9,32-33H2,1H3. The number of nitriles is 1. The molecule has 0 aliphatic heterocycles. The first-order chi connectivity index (χ1) is 16.1. The summed E-state index contributed by atoms with van der Waals surface area (Å²) in [6.45, 7) is -0.920. The van der Waals surface area contributed by atoms with Gasteiger partial charge in [0.25, 0.3) is 0 Å². The van der Waals surface area contributed by atoms with Crippen LogP contribution < -0.4 is 20.9 Å². The average Bonchev–Trinajstić information content (AvgIpc) is 2.75. The summed E-state index contributed by atoms with van der Waals surface area (Å²) in [5, 5.41) is 8.83. The molecule has 0 saturated heterocycles. The molecular formula is C22H21F8N3O2. The van der Waals surface area contributed by atoms with E-state index in [1.54, 1.807) is 0 Å². The Bertz CT molecular complexity index is 1090. The number of nitrogens with two attached hydrogens (primary N) is 2. The lowest BCUT2D eigenvalue weighted by molar-refractivity contribution is -0.368. The molecule has 35 heavy (non-hydrogen) atoms. The van der Waals surface area contributed by atoms with Gasteiger partial charge in [-0.25, -0.2) is 0 Å². The van der Waals surface area contributed by atoms with Gasteiger partial charge in [0, 0.05) is 5.69 Å². The van der Waals surface area contributed by atoms with Gasteiger partial charge in [0.1, 0.15) is 11.5 Å². The molecule has 0 atom stereocenters. The topological polar surface area (TPSA) is 94.3 Å². The Labute approximate surface area is 195 Å². The first-order valence-corrected chi connectivity index (χ1v) is 9.98. The zero-order valence-corrected chi connectivity index (χ0v) is 18.2. The molecule has 5 nitrogen and oxygen atoms in total. The van der Waals surface area contributed by atoms with Crippen molar-refractivity contribution in [2.45, 2.75) is 43.5 Å². The number of nitrogens with zero attached hydrogens (tertiary/aromatic N) is 1. The second kappa shape index (κ2) is 10.1. The third kappa shape index (κ3) is 5.80. The Morgan fingerprint density at radius 2 is 1.34 bits per heavy atom. The van der Waals surface area contributed by atoms with Crippen LogP contribution >= 0.6 is 0 Å². The lowest BCUT2D eigenvalue weighted by Crippen LogP contribution is -2.62. The van der Waals surface area contributed by atoms with Crippen molar-refractivity contribution >= 4 is 11.4 Å². The summed E-state index contributed by atoms with van der Waals surface area (Å²) in [7, 11) is 0. The van der Waals surface area contributed by atoms with Crippen LogP contribution in [0.3, 0.4) is 0 Å². The Morgan fingerprint density at radius 3 is 1.83 bits per heavy atom. The molecule has 0 amide bonds. The second-order valence-corrected chi connectivity index (χ2v) is 7.64. The minimum atomic E-state index is -6.43. The van der Waals surface area contributed by atoms with E-state index in [4.69, 9.17) is 26.2 Å². The SMILES string of the molecule is Cc1cc(OCCC(F)(F)C(F)(F)C(F)(F)C(F)(F)CCOc2ccc(N)cc2N)ccc1C#N. The fourth-order valence-corrected chi connectivity index (χ4v) is 2.91. The van der Waals surface area contributed by atoms with Crippen LogP contribution in [0, 0.1) is 18.3 Å². The van der Waals surface area contributed by atoms with Gasteiger partial charge in [0.15, 0.2) is 0 Å². The Kier molecular flexibility index (Phi) is 7.99. The predicted octanol–water partition coefficient (Wildman–Crippen LogP) is 5.81. The summed E-state index contributed by atoms with van der Waals surface area (Å²) in [4.78, 5) is 0. The molecule has 0 radical (unpaired) electrons. The van der Waals surface area contributed by atoms with Crippen molar-refractivity contribution < 1.29 is 44.6 Å². The fraction of sp³-hybridized carbons (Fsp3) is 0.409. The number of aryl methyl sites for hydroxylation is 1. The number of nitrogen functional groups attached to an aromatic ring is 2. The third-order valence-electron chi connectivity index (χ3n) is 5.02. The number of anilines is 2. The molecule has 0 unspecified atom stereocenters. The summed E-state index contributed by atoms with van der Waals surface area (Å²) in [6.07, 6.45) is -3.99. The van der Waals surface area contributed by atoms with Gasteiger partial charge in [-0.05, 0) is 48.9 Å². The highest BCUT2D eigenvalue weighted by atomic mass is 19.4. The van der Waals surface area contributed by atoms with E-state index in [1.807, 2.05) is 6.07 Å². The van der Waals surface area contributed by atoms with Gasteiger partial charge >= 0.3 is 23.7 Å².